The molecule has 0 aromatic heterocycles. The van der Waals surface area contributed by atoms with Gasteiger partial charge < -0.3 is 38.6 Å². The van der Waals surface area contributed by atoms with E-state index in [1.807, 2.05) is 48.5 Å². The first-order chi connectivity index (χ1) is 36.5. The third-order valence-corrected chi connectivity index (χ3v) is 20.3. The van der Waals surface area contributed by atoms with Crippen LogP contribution in [0.5, 0.6) is 0 Å². The lowest BCUT2D eigenvalue weighted by molar-refractivity contribution is -0.136. The topological polar surface area (TPSA) is 181 Å². The van der Waals surface area contributed by atoms with Crippen LogP contribution in [0.1, 0.15) is 129 Å². The Morgan fingerprint density at radius 2 is 1.55 bits per heavy atom. The number of rotatable bonds is 15. The molecule has 3 saturated heterocycles. The molecule has 8 fully saturated rings. The Morgan fingerprint density at radius 1 is 0.855 bits per heavy atom. The third kappa shape index (κ3) is 9.62. The Hall–Kier alpha value is -5.05. The molecular formula is C63H78N2O11. The van der Waals surface area contributed by atoms with E-state index in [0.29, 0.717) is 80.4 Å². The van der Waals surface area contributed by atoms with Gasteiger partial charge in [-0.15, -0.1) is 0 Å². The second kappa shape index (κ2) is 19.7. The summed E-state index contributed by atoms with van der Waals surface area (Å²) in [6.45, 7) is 16.4. The number of aliphatic hydroxyl groups excluding tert-OH is 2. The lowest BCUT2D eigenvalue weighted by Gasteiger charge is -2.48. The fraction of sp³-hybridized carbons (Fsp3) is 0.603. The molecule has 4 N–H and O–H groups in total. The van der Waals surface area contributed by atoms with Crippen molar-refractivity contribution < 1.29 is 53.0 Å². The number of esters is 1. The van der Waals surface area contributed by atoms with Gasteiger partial charge in [-0.1, -0.05) is 89.3 Å². The molecule has 12 rings (SSSR count). The number of amides is 2. The normalized spacial score (nSPS) is 38.4. The summed E-state index contributed by atoms with van der Waals surface area (Å²) in [6.07, 6.45) is 17.7. The van der Waals surface area contributed by atoms with Crippen molar-refractivity contribution in [2.45, 2.75) is 178 Å². The van der Waals surface area contributed by atoms with Gasteiger partial charge in [0, 0.05) is 23.4 Å². The molecule has 76 heavy (non-hydrogen) atoms. The largest absolute Gasteiger partial charge is 0.458 e. The molecular weight excluding hydrogens is 961 g/mol. The number of cyclic esters (lactones) is 1. The summed E-state index contributed by atoms with van der Waals surface area (Å²) in [6, 6.07) is 15.6. The van der Waals surface area contributed by atoms with Gasteiger partial charge in [0.25, 0.3) is 0 Å². The fourth-order valence-corrected chi connectivity index (χ4v) is 15.7. The van der Waals surface area contributed by atoms with E-state index < -0.39 is 41.7 Å². The van der Waals surface area contributed by atoms with E-state index >= 15 is 0 Å². The van der Waals surface area contributed by atoms with Crippen LogP contribution in [-0.2, 0) is 39.6 Å². The van der Waals surface area contributed by atoms with E-state index in [4.69, 9.17) is 28.4 Å². The van der Waals surface area contributed by atoms with E-state index in [1.54, 1.807) is 0 Å². The zero-order chi connectivity index (χ0) is 52.9. The van der Waals surface area contributed by atoms with Crippen LogP contribution in [0.25, 0.3) is 0 Å². The molecule has 4 aliphatic heterocycles. The highest BCUT2D eigenvalue weighted by atomic mass is 16.7. The van der Waals surface area contributed by atoms with Crippen molar-refractivity contribution >= 4 is 29.5 Å². The van der Waals surface area contributed by atoms with Crippen molar-refractivity contribution in [1.29, 1.82) is 0 Å². The van der Waals surface area contributed by atoms with Crippen LogP contribution in [0.15, 0.2) is 107 Å². The number of ether oxygens (including phenoxy) is 6. The van der Waals surface area contributed by atoms with Crippen LogP contribution in [-0.4, -0.2) is 95.5 Å². The summed E-state index contributed by atoms with van der Waals surface area (Å²) < 4.78 is 37.2. The molecule has 0 radical (unpaired) electrons. The first-order valence-electron chi connectivity index (χ1n) is 28.6. The highest BCUT2D eigenvalue weighted by Crippen LogP contribution is 2.68. The molecule has 6 aliphatic carbocycles. The number of benzene rings is 2. The van der Waals surface area contributed by atoms with Gasteiger partial charge in [-0.2, -0.15) is 0 Å². The van der Waals surface area contributed by atoms with Gasteiger partial charge in [-0.05, 0) is 188 Å². The molecule has 13 heteroatoms. The summed E-state index contributed by atoms with van der Waals surface area (Å²) in [4.78, 5) is 39.9. The number of hydrogen-bond donors (Lipinski definition) is 4. The number of nitrogens with one attached hydrogen (secondary N) is 2. The Balaban J connectivity index is 0.638. The molecule has 5 saturated carbocycles. The maximum atomic E-state index is 14.0. The lowest BCUT2D eigenvalue weighted by atomic mass is 9.55. The summed E-state index contributed by atoms with van der Waals surface area (Å²) in [7, 11) is 0. The molecule has 13 nitrogen and oxygen atoms in total. The molecule has 0 bridgehead atoms. The van der Waals surface area contributed by atoms with E-state index in [9.17, 15) is 24.6 Å². The van der Waals surface area contributed by atoms with Crippen molar-refractivity contribution in [3.05, 3.63) is 118 Å². The molecule has 3 unspecified atom stereocenters. The fourth-order valence-electron chi connectivity index (χ4n) is 15.7. The molecule has 2 aromatic rings. The third-order valence-electron chi connectivity index (χ3n) is 20.3. The Bertz CT molecular complexity index is 2760. The number of anilines is 2. The van der Waals surface area contributed by atoms with Crippen LogP contribution < -0.4 is 10.6 Å². The average Bonchev–Trinajstić information content (AvgIpc) is 4.41. The minimum atomic E-state index is -0.740. The Morgan fingerprint density at radius 3 is 2.22 bits per heavy atom. The number of hydrogen-bond acceptors (Lipinski definition) is 11. The van der Waals surface area contributed by atoms with Crippen LogP contribution in [0.4, 0.5) is 21.0 Å². The maximum Gasteiger partial charge on any atom is 0.412 e. The lowest BCUT2D eigenvalue weighted by Crippen LogP contribution is -2.56. The van der Waals surface area contributed by atoms with E-state index in [-0.39, 0.29) is 53.1 Å². The van der Waals surface area contributed by atoms with Crippen LogP contribution in [0, 0.1) is 46.3 Å². The van der Waals surface area contributed by atoms with E-state index in [0.717, 1.165) is 84.8 Å². The quantitative estimate of drug-likeness (QED) is 0.0577. The molecule has 4 heterocycles. The molecule has 406 valence electrons. The maximum absolute atomic E-state index is 14.0. The number of carbonyl (C=O) groups is 3. The van der Waals surface area contributed by atoms with Crippen LogP contribution in [0.3, 0.4) is 0 Å². The molecule has 2 amide bonds. The number of fused-ring (bicyclic) bond motifs is 4. The monoisotopic (exact) mass is 1040 g/mol. The summed E-state index contributed by atoms with van der Waals surface area (Å²) in [5, 5.41) is 26.6. The van der Waals surface area contributed by atoms with Gasteiger partial charge in [0.15, 0.2) is 6.10 Å². The van der Waals surface area contributed by atoms with Gasteiger partial charge >= 0.3 is 18.2 Å². The molecule has 15 atom stereocenters. The predicted octanol–water partition coefficient (Wildman–Crippen LogP) is 11.2. The average molecular weight is 1040 g/mol. The predicted molar refractivity (Wildman–Crippen MR) is 287 cm³/mol. The van der Waals surface area contributed by atoms with Gasteiger partial charge in [-0.3, -0.25) is 10.6 Å². The SMILES string of the molecule is C=C1/C(=C\C=C2/CCC[C@@]3(C)C2CCC3[C@@H](C)/C=C/C(OC(=O)Nc2ccc(Cc3ccc(NC(=O)O[C@@H]([C@@]45C[C@@]6(C)CCC7=C(COC7=O)[C@@H]6C[C@@H]4O5)[C@@]4(C(C)C)O[C@H]4[C@@H]4CO4)cc3)cc2)C2CC2)C[C@@H](O)C[C@@H]1O. The van der Waals surface area contributed by atoms with Crippen LogP contribution in [0.2, 0.25) is 0 Å². The Kier molecular flexibility index (Phi) is 13.4. The van der Waals surface area contributed by atoms with Gasteiger partial charge in [0.2, 0.25) is 0 Å². The smallest absolute Gasteiger partial charge is 0.412 e. The zero-order valence-corrected chi connectivity index (χ0v) is 45.0. The minimum absolute atomic E-state index is 0.0194. The molecule has 0 spiro atoms. The highest BCUT2D eigenvalue weighted by molar-refractivity contribution is 5.92. The summed E-state index contributed by atoms with van der Waals surface area (Å²) in [5.74, 6) is 1.74. The van der Waals surface area contributed by atoms with Crippen molar-refractivity contribution in [2.75, 3.05) is 23.8 Å². The number of allylic oxidation sites excluding steroid dienone is 4. The summed E-state index contributed by atoms with van der Waals surface area (Å²) >= 11 is 0. The Labute approximate surface area is 447 Å². The molecule has 2 aromatic carbocycles. The van der Waals surface area contributed by atoms with Gasteiger partial charge in [0.1, 0.15) is 36.1 Å². The number of epoxide rings is 3. The van der Waals surface area contributed by atoms with Crippen molar-refractivity contribution in [1.82, 2.24) is 0 Å². The number of aliphatic hydroxyl groups is 2. The standard InChI is InChI=1S/C63H78N2O11/c1-35(2)63(55(76-63)53-33-71-53)57(62-34-60(5)27-25-46-47(32-72-56(46)68)50(60)31-54(62)75-62)74-59(70)65-44-20-12-39(13-21-44)28-38-10-18-43(19-11-38)64-58(69)73-52(41-15-16-41)24-9-36(3)48-22-23-49-40(8-7-26-61(48,49)6)14-17-42-29-45(66)30-51(67)37(42)4/h9-14,17-21,24,35-36,41,45,48-55,57,66-67H,4,7-8,15-16,22-23,25-34H2,1-3,5-6H3,(H,64,69)(H,65,70)/b24-9+,40-14+,42-17-/t36-,45+,48?,49?,50-,51-,52?,53-,54-,55-,57-,60+,61+,62+,63-/m0/s1. The second-order valence-electron chi connectivity index (χ2n) is 25.4. The highest BCUT2D eigenvalue weighted by Gasteiger charge is 2.81. The van der Waals surface area contributed by atoms with Crippen molar-refractivity contribution in [2.24, 2.45) is 46.3 Å². The number of carbonyl (C=O) groups excluding carboxylic acids is 3. The summed E-state index contributed by atoms with van der Waals surface area (Å²) in [5.41, 5.74) is 7.16. The van der Waals surface area contributed by atoms with E-state index in [1.165, 1.54) is 12.0 Å². The first kappa shape index (κ1) is 51.7. The first-order valence-corrected chi connectivity index (χ1v) is 28.6. The van der Waals surface area contributed by atoms with Gasteiger partial charge in [0.05, 0.1) is 24.9 Å². The minimum Gasteiger partial charge on any atom is -0.458 e. The second-order valence-corrected chi connectivity index (χ2v) is 25.4. The molecule has 10 aliphatic rings. The van der Waals surface area contributed by atoms with Gasteiger partial charge in [-0.25, -0.2) is 14.4 Å². The zero-order valence-electron chi connectivity index (χ0n) is 45.0. The van der Waals surface area contributed by atoms with Crippen LogP contribution >= 0.6 is 0 Å². The van der Waals surface area contributed by atoms with Crippen molar-refractivity contribution in [3.8, 4) is 0 Å². The van der Waals surface area contributed by atoms with E-state index in [2.05, 4.69) is 76.1 Å². The van der Waals surface area contributed by atoms with Crippen molar-refractivity contribution in [3.63, 3.8) is 0 Å².